The van der Waals surface area contributed by atoms with Crippen LogP contribution in [-0.2, 0) is 16.0 Å². The molecule has 0 aliphatic rings. The summed E-state index contributed by atoms with van der Waals surface area (Å²) in [7, 11) is 1.47. The van der Waals surface area contributed by atoms with Gasteiger partial charge in [-0.1, -0.05) is 11.6 Å². The molecule has 1 aromatic carbocycles. The highest BCUT2D eigenvalue weighted by molar-refractivity contribution is 6.30. The molecule has 110 valence electrons. The van der Waals surface area contributed by atoms with E-state index in [1.165, 1.54) is 7.11 Å². The fraction of sp³-hybridized carbons (Fsp3) is 0.385. The van der Waals surface area contributed by atoms with Crippen LogP contribution in [0.4, 0.5) is 0 Å². The summed E-state index contributed by atoms with van der Waals surface area (Å²) >= 11 is 5.84. The Hall–Kier alpha value is -1.79. The number of benzene rings is 1. The first kappa shape index (κ1) is 16.3. The highest BCUT2D eigenvalue weighted by Crippen LogP contribution is 2.23. The Bertz CT molecular complexity index is 515. The van der Waals surface area contributed by atoms with E-state index in [4.69, 9.17) is 21.4 Å². The summed E-state index contributed by atoms with van der Waals surface area (Å²) in [5.41, 5.74) is -1.43. The van der Waals surface area contributed by atoms with E-state index in [1.807, 2.05) is 0 Å². The minimum atomic E-state index is -2.01. The first-order valence-corrected chi connectivity index (χ1v) is 6.19. The predicted octanol–water partition coefficient (Wildman–Crippen LogP) is 0.843. The standard InChI is InChI=1S/C13H16ClNO5/c1-13(19,12(17)18)7-15-11(16)6-8-5-9(14)3-4-10(8)20-2/h3-5,19H,6-7H2,1-2H3,(H,15,16)(H,17,18). The monoisotopic (exact) mass is 301 g/mol. The molecule has 1 aromatic rings. The van der Waals surface area contributed by atoms with Crippen LogP contribution >= 0.6 is 11.6 Å². The molecule has 0 bridgehead atoms. The van der Waals surface area contributed by atoms with Gasteiger partial charge in [0.2, 0.25) is 5.91 Å². The minimum absolute atomic E-state index is 0.0283. The Kier molecular flexibility index (Phi) is 5.35. The SMILES string of the molecule is COc1ccc(Cl)cc1CC(=O)NCC(C)(O)C(=O)O. The summed E-state index contributed by atoms with van der Waals surface area (Å²) in [5, 5.41) is 21.0. The van der Waals surface area contributed by atoms with Crippen molar-refractivity contribution >= 4 is 23.5 Å². The van der Waals surface area contributed by atoms with E-state index in [0.717, 1.165) is 6.92 Å². The van der Waals surface area contributed by atoms with Crippen LogP contribution in [0.1, 0.15) is 12.5 Å². The lowest BCUT2D eigenvalue weighted by molar-refractivity contribution is -0.156. The predicted molar refractivity (Wildman–Crippen MR) is 73.0 cm³/mol. The van der Waals surface area contributed by atoms with Crippen molar-refractivity contribution in [3.8, 4) is 5.75 Å². The Morgan fingerprint density at radius 2 is 2.10 bits per heavy atom. The lowest BCUT2D eigenvalue weighted by Gasteiger charge is -2.18. The van der Waals surface area contributed by atoms with Crippen LogP contribution in [0.15, 0.2) is 18.2 Å². The fourth-order valence-electron chi connectivity index (χ4n) is 1.47. The molecule has 0 aliphatic heterocycles. The van der Waals surface area contributed by atoms with Crippen LogP contribution in [0, 0.1) is 0 Å². The summed E-state index contributed by atoms with van der Waals surface area (Å²) in [5.74, 6) is -1.33. The second kappa shape index (κ2) is 6.58. The molecular weight excluding hydrogens is 286 g/mol. The summed E-state index contributed by atoms with van der Waals surface area (Å²) in [4.78, 5) is 22.4. The number of carboxylic acids is 1. The molecule has 6 nitrogen and oxygen atoms in total. The minimum Gasteiger partial charge on any atom is -0.496 e. The molecule has 1 atom stereocenters. The maximum absolute atomic E-state index is 11.7. The summed E-state index contributed by atoms with van der Waals surface area (Å²) < 4.78 is 5.10. The third-order valence-electron chi connectivity index (χ3n) is 2.68. The number of hydrogen-bond donors (Lipinski definition) is 3. The molecule has 1 amide bonds. The third kappa shape index (κ3) is 4.40. The quantitative estimate of drug-likeness (QED) is 0.724. The van der Waals surface area contributed by atoms with Gasteiger partial charge < -0.3 is 20.3 Å². The van der Waals surface area contributed by atoms with Crippen LogP contribution in [0.2, 0.25) is 5.02 Å². The van der Waals surface area contributed by atoms with Crippen molar-refractivity contribution in [3.63, 3.8) is 0 Å². The van der Waals surface area contributed by atoms with Gasteiger partial charge in [0.25, 0.3) is 0 Å². The number of carbonyl (C=O) groups is 2. The fourth-order valence-corrected chi connectivity index (χ4v) is 1.66. The molecule has 3 N–H and O–H groups in total. The van der Waals surface area contributed by atoms with Crippen LogP contribution in [0.3, 0.4) is 0 Å². The number of methoxy groups -OCH3 is 1. The van der Waals surface area contributed by atoms with Crippen molar-refractivity contribution in [1.29, 1.82) is 0 Å². The average molecular weight is 302 g/mol. The summed E-state index contributed by atoms with van der Waals surface area (Å²) in [6.45, 7) is 0.722. The van der Waals surface area contributed by atoms with E-state index in [0.29, 0.717) is 16.3 Å². The number of nitrogens with one attached hydrogen (secondary N) is 1. The molecule has 0 fully saturated rings. The highest BCUT2D eigenvalue weighted by Gasteiger charge is 2.30. The van der Waals surface area contributed by atoms with Gasteiger partial charge in [-0.2, -0.15) is 0 Å². The number of rotatable bonds is 6. The van der Waals surface area contributed by atoms with Crippen LogP contribution in [0.5, 0.6) is 5.75 Å². The normalized spacial score (nSPS) is 13.4. The second-order valence-corrected chi connectivity index (χ2v) is 4.93. The van der Waals surface area contributed by atoms with Gasteiger partial charge in [0.1, 0.15) is 5.75 Å². The van der Waals surface area contributed by atoms with Gasteiger partial charge in [-0.25, -0.2) is 4.79 Å². The topological polar surface area (TPSA) is 95.9 Å². The van der Waals surface area contributed by atoms with Crippen LogP contribution < -0.4 is 10.1 Å². The highest BCUT2D eigenvalue weighted by atomic mass is 35.5. The van der Waals surface area contributed by atoms with E-state index >= 15 is 0 Å². The molecule has 0 saturated heterocycles. The largest absolute Gasteiger partial charge is 0.496 e. The van der Waals surface area contributed by atoms with E-state index < -0.39 is 17.5 Å². The zero-order valence-electron chi connectivity index (χ0n) is 11.1. The van der Waals surface area contributed by atoms with E-state index in [-0.39, 0.29) is 13.0 Å². The van der Waals surface area contributed by atoms with Crippen molar-refractivity contribution in [3.05, 3.63) is 28.8 Å². The van der Waals surface area contributed by atoms with Gasteiger partial charge in [-0.15, -0.1) is 0 Å². The first-order chi connectivity index (χ1) is 9.26. The number of aliphatic carboxylic acids is 1. The zero-order valence-corrected chi connectivity index (χ0v) is 11.9. The molecule has 0 aromatic heterocycles. The van der Waals surface area contributed by atoms with Gasteiger partial charge in [0.15, 0.2) is 5.60 Å². The molecule has 7 heteroatoms. The second-order valence-electron chi connectivity index (χ2n) is 4.49. The lowest BCUT2D eigenvalue weighted by Crippen LogP contribution is -2.46. The summed E-state index contributed by atoms with van der Waals surface area (Å²) in [6.07, 6.45) is -0.0283. The van der Waals surface area contributed by atoms with Gasteiger partial charge in [0, 0.05) is 10.6 Å². The molecule has 1 rings (SSSR count). The first-order valence-electron chi connectivity index (χ1n) is 5.81. The maximum Gasteiger partial charge on any atom is 0.337 e. The number of carbonyl (C=O) groups excluding carboxylic acids is 1. The van der Waals surface area contributed by atoms with Gasteiger partial charge in [-0.3, -0.25) is 4.79 Å². The molecule has 0 heterocycles. The number of amides is 1. The molecule has 1 unspecified atom stereocenters. The third-order valence-corrected chi connectivity index (χ3v) is 2.92. The Balaban J connectivity index is 2.68. The molecule has 20 heavy (non-hydrogen) atoms. The number of aliphatic hydroxyl groups is 1. The van der Waals surface area contributed by atoms with Crippen molar-refractivity contribution < 1.29 is 24.5 Å². The molecule has 0 radical (unpaired) electrons. The molecular formula is C13H16ClNO5. The van der Waals surface area contributed by atoms with Gasteiger partial charge in [-0.05, 0) is 25.1 Å². The Morgan fingerprint density at radius 1 is 1.45 bits per heavy atom. The number of carboxylic acid groups (broad SMARTS) is 1. The van der Waals surface area contributed by atoms with Crippen molar-refractivity contribution in [2.24, 2.45) is 0 Å². The molecule has 0 saturated carbocycles. The molecule has 0 spiro atoms. The number of halogens is 1. The van der Waals surface area contributed by atoms with E-state index in [2.05, 4.69) is 5.32 Å². The lowest BCUT2D eigenvalue weighted by atomic mass is 10.1. The average Bonchev–Trinajstić information content (AvgIpc) is 2.36. The van der Waals surface area contributed by atoms with E-state index in [1.54, 1.807) is 18.2 Å². The van der Waals surface area contributed by atoms with E-state index in [9.17, 15) is 14.7 Å². The Labute approximate surface area is 121 Å². The van der Waals surface area contributed by atoms with Crippen molar-refractivity contribution in [2.75, 3.05) is 13.7 Å². The number of hydrogen-bond acceptors (Lipinski definition) is 4. The maximum atomic E-state index is 11.7. The van der Waals surface area contributed by atoms with Crippen molar-refractivity contribution in [1.82, 2.24) is 5.32 Å². The number of ether oxygens (including phenoxy) is 1. The van der Waals surface area contributed by atoms with Gasteiger partial charge >= 0.3 is 5.97 Å². The van der Waals surface area contributed by atoms with Gasteiger partial charge in [0.05, 0.1) is 20.1 Å². The Morgan fingerprint density at radius 3 is 2.65 bits per heavy atom. The zero-order chi connectivity index (χ0) is 15.3. The summed E-state index contributed by atoms with van der Waals surface area (Å²) in [6, 6.07) is 4.87. The molecule has 0 aliphatic carbocycles. The van der Waals surface area contributed by atoms with Crippen LogP contribution in [0.25, 0.3) is 0 Å². The van der Waals surface area contributed by atoms with Crippen LogP contribution in [-0.4, -0.2) is 41.3 Å². The van der Waals surface area contributed by atoms with Crippen molar-refractivity contribution in [2.45, 2.75) is 18.9 Å². The smallest absolute Gasteiger partial charge is 0.337 e.